The summed E-state index contributed by atoms with van der Waals surface area (Å²) in [6.07, 6.45) is 3.36. The van der Waals surface area contributed by atoms with Gasteiger partial charge in [0.2, 0.25) is 0 Å². The third-order valence-electron chi connectivity index (χ3n) is 3.80. The van der Waals surface area contributed by atoms with Crippen LogP contribution in [0, 0.1) is 5.82 Å². The molecular weight excluding hydrogens is 291 g/mol. The first-order valence-electron chi connectivity index (χ1n) is 6.79. The van der Waals surface area contributed by atoms with Gasteiger partial charge in [-0.3, -0.25) is 9.78 Å². The Morgan fingerprint density at radius 2 is 2.24 bits per heavy atom. The molecule has 0 radical (unpaired) electrons. The van der Waals surface area contributed by atoms with Crippen molar-refractivity contribution in [2.75, 3.05) is 13.1 Å². The van der Waals surface area contributed by atoms with Crippen LogP contribution in [0.15, 0.2) is 42.7 Å². The SMILES string of the molecule is O=C(c1ccncc1F)N1CC[C@@H](c2cccc(Cl)c2)C1. The summed E-state index contributed by atoms with van der Waals surface area (Å²) in [5, 5.41) is 0.692. The Morgan fingerprint density at radius 1 is 1.38 bits per heavy atom. The van der Waals surface area contributed by atoms with E-state index in [1.807, 2.05) is 24.3 Å². The zero-order valence-corrected chi connectivity index (χ0v) is 12.1. The van der Waals surface area contributed by atoms with Crippen LogP contribution in [0.2, 0.25) is 5.02 Å². The Kier molecular flexibility index (Phi) is 3.88. The minimum atomic E-state index is -0.575. The summed E-state index contributed by atoms with van der Waals surface area (Å²) in [6, 6.07) is 9.09. The Morgan fingerprint density at radius 3 is 3.00 bits per heavy atom. The maximum atomic E-state index is 13.6. The van der Waals surface area contributed by atoms with E-state index in [0.717, 1.165) is 18.2 Å². The highest BCUT2D eigenvalue weighted by Gasteiger charge is 2.29. The average Bonchev–Trinajstić information content (AvgIpc) is 2.97. The Bertz CT molecular complexity index is 677. The molecule has 0 unspecified atom stereocenters. The molecule has 0 aliphatic carbocycles. The largest absolute Gasteiger partial charge is 0.338 e. The summed E-state index contributed by atoms with van der Waals surface area (Å²) in [7, 11) is 0. The lowest BCUT2D eigenvalue weighted by Gasteiger charge is -2.17. The van der Waals surface area contributed by atoms with E-state index in [9.17, 15) is 9.18 Å². The van der Waals surface area contributed by atoms with Gasteiger partial charge in [0.1, 0.15) is 0 Å². The van der Waals surface area contributed by atoms with Crippen LogP contribution in [0.25, 0.3) is 0 Å². The van der Waals surface area contributed by atoms with Crippen LogP contribution in [0.1, 0.15) is 28.3 Å². The molecule has 2 heterocycles. The molecule has 0 saturated carbocycles. The number of nitrogens with zero attached hydrogens (tertiary/aromatic N) is 2. The minimum absolute atomic E-state index is 0.0803. The summed E-state index contributed by atoms with van der Waals surface area (Å²) in [5.74, 6) is -0.606. The number of pyridine rings is 1. The summed E-state index contributed by atoms with van der Waals surface area (Å²) in [4.78, 5) is 17.7. The fourth-order valence-corrected chi connectivity index (χ4v) is 2.90. The molecule has 3 rings (SSSR count). The third-order valence-corrected chi connectivity index (χ3v) is 4.03. The van der Waals surface area contributed by atoms with E-state index in [2.05, 4.69) is 4.98 Å². The Balaban J connectivity index is 1.75. The van der Waals surface area contributed by atoms with Crippen molar-refractivity contribution < 1.29 is 9.18 Å². The molecule has 0 spiro atoms. The fourth-order valence-electron chi connectivity index (χ4n) is 2.70. The lowest BCUT2D eigenvalue weighted by atomic mass is 9.99. The number of hydrogen-bond donors (Lipinski definition) is 0. The van der Waals surface area contributed by atoms with E-state index in [1.165, 1.54) is 12.3 Å². The van der Waals surface area contributed by atoms with Crippen molar-refractivity contribution in [2.45, 2.75) is 12.3 Å². The smallest absolute Gasteiger partial charge is 0.256 e. The number of aromatic nitrogens is 1. The van der Waals surface area contributed by atoms with Gasteiger partial charge < -0.3 is 4.90 Å². The van der Waals surface area contributed by atoms with Gasteiger partial charge in [-0.15, -0.1) is 0 Å². The van der Waals surface area contributed by atoms with Gasteiger partial charge in [0.15, 0.2) is 5.82 Å². The van der Waals surface area contributed by atoms with Crippen LogP contribution in [0.5, 0.6) is 0 Å². The molecule has 1 aliphatic rings. The van der Waals surface area contributed by atoms with E-state index < -0.39 is 5.82 Å². The molecule has 1 saturated heterocycles. The normalized spacial score (nSPS) is 18.0. The molecule has 1 fully saturated rings. The van der Waals surface area contributed by atoms with Crippen molar-refractivity contribution in [3.63, 3.8) is 0 Å². The molecule has 1 aromatic carbocycles. The summed E-state index contributed by atoms with van der Waals surface area (Å²) >= 11 is 6.00. The molecular formula is C16H14ClFN2O. The standard InChI is InChI=1S/C16H14ClFN2O/c17-13-3-1-2-11(8-13)12-5-7-20(10-12)16(21)14-4-6-19-9-15(14)18/h1-4,6,8-9,12H,5,7,10H2/t12-/m1/s1. The first kappa shape index (κ1) is 14.0. The lowest BCUT2D eigenvalue weighted by Crippen LogP contribution is -2.29. The zero-order chi connectivity index (χ0) is 14.8. The van der Waals surface area contributed by atoms with Crippen LogP contribution in [0.4, 0.5) is 4.39 Å². The zero-order valence-electron chi connectivity index (χ0n) is 11.3. The van der Waals surface area contributed by atoms with Gasteiger partial charge in [-0.1, -0.05) is 23.7 Å². The second-order valence-corrected chi connectivity index (χ2v) is 5.58. The van der Waals surface area contributed by atoms with Crippen LogP contribution < -0.4 is 0 Å². The Labute approximate surface area is 127 Å². The van der Waals surface area contributed by atoms with Gasteiger partial charge in [0.25, 0.3) is 5.91 Å². The number of carbonyl (C=O) groups is 1. The first-order chi connectivity index (χ1) is 10.1. The van der Waals surface area contributed by atoms with Gasteiger partial charge in [-0.2, -0.15) is 0 Å². The second kappa shape index (κ2) is 5.82. The number of benzene rings is 1. The van der Waals surface area contributed by atoms with Crippen molar-refractivity contribution in [1.82, 2.24) is 9.88 Å². The van der Waals surface area contributed by atoms with Crippen molar-refractivity contribution >= 4 is 17.5 Å². The van der Waals surface area contributed by atoms with E-state index in [0.29, 0.717) is 18.1 Å². The highest BCUT2D eigenvalue weighted by molar-refractivity contribution is 6.30. The number of amides is 1. The lowest BCUT2D eigenvalue weighted by molar-refractivity contribution is 0.0786. The van der Waals surface area contributed by atoms with Crippen molar-refractivity contribution in [3.8, 4) is 0 Å². The number of halogens is 2. The number of carbonyl (C=O) groups excluding carboxylic acids is 1. The van der Waals surface area contributed by atoms with E-state index in [4.69, 9.17) is 11.6 Å². The quantitative estimate of drug-likeness (QED) is 0.850. The summed E-state index contributed by atoms with van der Waals surface area (Å²) in [6.45, 7) is 1.21. The number of likely N-dealkylation sites (tertiary alicyclic amines) is 1. The van der Waals surface area contributed by atoms with Crippen LogP contribution >= 0.6 is 11.6 Å². The summed E-state index contributed by atoms with van der Waals surface area (Å²) < 4.78 is 13.6. The van der Waals surface area contributed by atoms with E-state index in [-0.39, 0.29) is 17.4 Å². The predicted octanol–water partition coefficient (Wildman–Crippen LogP) is 3.50. The van der Waals surface area contributed by atoms with E-state index >= 15 is 0 Å². The molecule has 3 nitrogen and oxygen atoms in total. The first-order valence-corrected chi connectivity index (χ1v) is 7.17. The molecule has 5 heteroatoms. The van der Waals surface area contributed by atoms with Crippen molar-refractivity contribution in [2.24, 2.45) is 0 Å². The van der Waals surface area contributed by atoms with Gasteiger partial charge in [0.05, 0.1) is 11.8 Å². The van der Waals surface area contributed by atoms with Crippen LogP contribution in [-0.4, -0.2) is 28.9 Å². The van der Waals surface area contributed by atoms with Gasteiger partial charge >= 0.3 is 0 Å². The van der Waals surface area contributed by atoms with Crippen LogP contribution in [-0.2, 0) is 0 Å². The monoisotopic (exact) mass is 304 g/mol. The molecule has 0 N–H and O–H groups in total. The Hall–Kier alpha value is -1.94. The molecule has 0 bridgehead atoms. The topological polar surface area (TPSA) is 33.2 Å². The average molecular weight is 305 g/mol. The minimum Gasteiger partial charge on any atom is -0.338 e. The highest BCUT2D eigenvalue weighted by atomic mass is 35.5. The van der Waals surface area contributed by atoms with E-state index in [1.54, 1.807) is 4.90 Å². The number of rotatable bonds is 2. The van der Waals surface area contributed by atoms with Gasteiger partial charge in [-0.25, -0.2) is 4.39 Å². The maximum absolute atomic E-state index is 13.6. The third kappa shape index (κ3) is 2.90. The number of hydrogen-bond acceptors (Lipinski definition) is 2. The predicted molar refractivity (Wildman–Crippen MR) is 78.9 cm³/mol. The molecule has 108 valence electrons. The summed E-state index contributed by atoms with van der Waals surface area (Å²) in [5.41, 5.74) is 1.20. The molecule has 1 atom stereocenters. The van der Waals surface area contributed by atoms with Gasteiger partial charge in [0, 0.05) is 30.2 Å². The van der Waals surface area contributed by atoms with Crippen molar-refractivity contribution in [3.05, 3.63) is 64.7 Å². The molecule has 1 aromatic heterocycles. The fraction of sp³-hybridized carbons (Fsp3) is 0.250. The molecule has 2 aromatic rings. The molecule has 1 amide bonds. The van der Waals surface area contributed by atoms with Crippen molar-refractivity contribution in [1.29, 1.82) is 0 Å². The molecule has 21 heavy (non-hydrogen) atoms. The highest BCUT2D eigenvalue weighted by Crippen LogP contribution is 2.29. The maximum Gasteiger partial charge on any atom is 0.256 e. The van der Waals surface area contributed by atoms with Gasteiger partial charge in [-0.05, 0) is 30.2 Å². The van der Waals surface area contributed by atoms with Crippen LogP contribution in [0.3, 0.4) is 0 Å². The second-order valence-electron chi connectivity index (χ2n) is 5.15. The molecule has 1 aliphatic heterocycles.